The van der Waals surface area contributed by atoms with E-state index in [1.807, 2.05) is 0 Å². The molecule has 0 aliphatic rings. The maximum atomic E-state index is 11.8. The van der Waals surface area contributed by atoms with Crippen molar-refractivity contribution in [3.63, 3.8) is 0 Å². The molecule has 1 aromatic carbocycles. The number of aryl methyl sites for hydroxylation is 1. The fraction of sp³-hybridized carbons (Fsp3) is 0.0909. The summed E-state index contributed by atoms with van der Waals surface area (Å²) in [6.07, 6.45) is 1.45. The Balaban J connectivity index is 2.17. The Morgan fingerprint density at radius 3 is 2.88 bits per heavy atom. The lowest BCUT2D eigenvalue weighted by atomic mass is 10.2. The molecule has 0 saturated heterocycles. The highest BCUT2D eigenvalue weighted by atomic mass is 35.5. The van der Waals surface area contributed by atoms with Crippen LogP contribution in [0.2, 0.25) is 5.02 Å². The molecule has 0 saturated carbocycles. The van der Waals surface area contributed by atoms with Crippen LogP contribution in [0.3, 0.4) is 0 Å². The number of amides is 1. The van der Waals surface area contributed by atoms with Gasteiger partial charge in [0.2, 0.25) is 0 Å². The number of oxazole rings is 1. The Labute approximate surface area is 103 Å². The number of nitrogen functional groups attached to an aromatic ring is 1. The fourth-order valence-electron chi connectivity index (χ4n) is 1.25. The number of hydrogen-bond acceptors (Lipinski definition) is 4. The van der Waals surface area contributed by atoms with Crippen LogP contribution in [-0.4, -0.2) is 10.9 Å². The first-order chi connectivity index (χ1) is 8.06. The Bertz CT molecular complexity index is 566. The maximum absolute atomic E-state index is 11.8. The molecular weight excluding hydrogens is 242 g/mol. The van der Waals surface area contributed by atoms with Gasteiger partial charge in [-0.1, -0.05) is 11.6 Å². The van der Waals surface area contributed by atoms with Gasteiger partial charge in [-0.2, -0.15) is 4.98 Å². The van der Waals surface area contributed by atoms with Crippen LogP contribution in [0.4, 0.5) is 11.7 Å². The molecule has 0 fully saturated rings. The number of aromatic nitrogens is 1. The summed E-state index contributed by atoms with van der Waals surface area (Å²) in [5.74, 6) is -0.353. The van der Waals surface area contributed by atoms with E-state index in [2.05, 4.69) is 10.3 Å². The predicted octanol–water partition coefficient (Wildman–Crippen LogP) is 2.47. The number of nitrogens with zero attached hydrogens (tertiary/aromatic N) is 1. The molecule has 1 amide bonds. The molecule has 0 bridgehead atoms. The Kier molecular flexibility index (Phi) is 3.01. The molecular formula is C11H10ClN3O2. The van der Waals surface area contributed by atoms with Gasteiger partial charge in [0.1, 0.15) is 6.26 Å². The van der Waals surface area contributed by atoms with E-state index in [0.717, 1.165) is 0 Å². The van der Waals surface area contributed by atoms with E-state index in [-0.39, 0.29) is 11.9 Å². The topological polar surface area (TPSA) is 81.2 Å². The molecule has 3 N–H and O–H groups in total. The predicted molar refractivity (Wildman–Crippen MR) is 65.1 cm³/mol. The van der Waals surface area contributed by atoms with Crippen molar-refractivity contribution in [2.75, 3.05) is 11.1 Å². The first-order valence-corrected chi connectivity index (χ1v) is 5.22. The van der Waals surface area contributed by atoms with Gasteiger partial charge in [0, 0.05) is 5.56 Å². The molecule has 0 radical (unpaired) electrons. The maximum Gasteiger partial charge on any atom is 0.301 e. The molecule has 1 heterocycles. The quantitative estimate of drug-likeness (QED) is 0.804. The van der Waals surface area contributed by atoms with Crippen LogP contribution in [0, 0.1) is 6.92 Å². The van der Waals surface area contributed by atoms with Crippen LogP contribution in [0.5, 0.6) is 0 Å². The average Bonchev–Trinajstić information content (AvgIpc) is 2.68. The summed E-state index contributed by atoms with van der Waals surface area (Å²) < 4.78 is 5.01. The third-order valence-corrected chi connectivity index (χ3v) is 2.43. The standard InChI is InChI=1S/C11H10ClN3O2/c1-6-5-17-11(14-6)15-10(16)7-2-3-9(13)8(12)4-7/h2-5H,13H2,1H3,(H,14,15,16). The summed E-state index contributed by atoms with van der Waals surface area (Å²) in [7, 11) is 0. The first kappa shape index (κ1) is 11.5. The third-order valence-electron chi connectivity index (χ3n) is 2.10. The highest BCUT2D eigenvalue weighted by molar-refractivity contribution is 6.33. The first-order valence-electron chi connectivity index (χ1n) is 4.85. The molecule has 0 spiro atoms. The van der Waals surface area contributed by atoms with E-state index in [1.54, 1.807) is 19.1 Å². The molecule has 2 rings (SSSR count). The highest BCUT2D eigenvalue weighted by Crippen LogP contribution is 2.20. The minimum Gasteiger partial charge on any atom is -0.432 e. The Hall–Kier alpha value is -2.01. The van der Waals surface area contributed by atoms with Gasteiger partial charge in [0.05, 0.1) is 16.4 Å². The van der Waals surface area contributed by atoms with Gasteiger partial charge < -0.3 is 10.2 Å². The minimum absolute atomic E-state index is 0.153. The van der Waals surface area contributed by atoms with E-state index in [1.165, 1.54) is 12.3 Å². The van der Waals surface area contributed by atoms with Gasteiger partial charge in [-0.15, -0.1) is 0 Å². The van der Waals surface area contributed by atoms with Gasteiger partial charge in [-0.3, -0.25) is 10.1 Å². The van der Waals surface area contributed by atoms with Crippen molar-refractivity contribution in [1.82, 2.24) is 4.98 Å². The highest BCUT2D eigenvalue weighted by Gasteiger charge is 2.10. The van der Waals surface area contributed by atoms with Crippen LogP contribution in [0.25, 0.3) is 0 Å². The number of halogens is 1. The van der Waals surface area contributed by atoms with E-state index < -0.39 is 0 Å². The molecule has 0 atom stereocenters. The minimum atomic E-state index is -0.353. The summed E-state index contributed by atoms with van der Waals surface area (Å²) in [5.41, 5.74) is 7.06. The SMILES string of the molecule is Cc1coc(NC(=O)c2ccc(N)c(Cl)c2)n1. The van der Waals surface area contributed by atoms with Crippen molar-refractivity contribution in [2.24, 2.45) is 0 Å². The zero-order chi connectivity index (χ0) is 12.4. The van der Waals surface area contributed by atoms with E-state index >= 15 is 0 Å². The molecule has 2 aromatic rings. The molecule has 5 nitrogen and oxygen atoms in total. The summed E-state index contributed by atoms with van der Waals surface area (Å²) in [4.78, 5) is 15.7. The number of carbonyl (C=O) groups excluding carboxylic acids is 1. The summed E-state index contributed by atoms with van der Waals surface area (Å²) in [5, 5.41) is 2.84. The number of nitrogens with one attached hydrogen (secondary N) is 1. The number of rotatable bonds is 2. The second-order valence-electron chi connectivity index (χ2n) is 3.48. The second kappa shape index (κ2) is 4.47. The Morgan fingerprint density at radius 2 is 2.29 bits per heavy atom. The lowest BCUT2D eigenvalue weighted by Gasteiger charge is -2.03. The van der Waals surface area contributed by atoms with Crippen molar-refractivity contribution < 1.29 is 9.21 Å². The van der Waals surface area contributed by atoms with Crippen LogP contribution in [0.1, 0.15) is 16.1 Å². The molecule has 6 heteroatoms. The zero-order valence-electron chi connectivity index (χ0n) is 9.03. The van der Waals surface area contributed by atoms with E-state index in [4.69, 9.17) is 21.8 Å². The lowest BCUT2D eigenvalue weighted by Crippen LogP contribution is -2.12. The normalized spacial score (nSPS) is 10.2. The van der Waals surface area contributed by atoms with Gasteiger partial charge in [0.15, 0.2) is 0 Å². The second-order valence-corrected chi connectivity index (χ2v) is 3.89. The fourth-order valence-corrected chi connectivity index (χ4v) is 1.43. The molecule has 1 aromatic heterocycles. The number of anilines is 2. The summed E-state index contributed by atoms with van der Waals surface area (Å²) in [6, 6.07) is 4.78. The third kappa shape index (κ3) is 2.57. The van der Waals surface area contributed by atoms with Crippen LogP contribution >= 0.6 is 11.6 Å². The largest absolute Gasteiger partial charge is 0.432 e. The van der Waals surface area contributed by atoms with Gasteiger partial charge in [0.25, 0.3) is 5.91 Å². The van der Waals surface area contributed by atoms with Crippen LogP contribution < -0.4 is 11.1 Å². The molecule has 0 aliphatic heterocycles. The van der Waals surface area contributed by atoms with Crippen LogP contribution in [0.15, 0.2) is 28.9 Å². The van der Waals surface area contributed by atoms with Crippen molar-refractivity contribution in [3.05, 3.63) is 40.7 Å². The molecule has 0 unspecified atom stereocenters. The zero-order valence-corrected chi connectivity index (χ0v) is 9.78. The van der Waals surface area contributed by atoms with E-state index in [9.17, 15) is 4.79 Å². The monoisotopic (exact) mass is 251 g/mol. The van der Waals surface area contributed by atoms with E-state index in [0.29, 0.717) is 22.0 Å². The van der Waals surface area contributed by atoms with Crippen LogP contribution in [-0.2, 0) is 0 Å². The summed E-state index contributed by atoms with van der Waals surface area (Å²) >= 11 is 5.82. The number of benzene rings is 1. The van der Waals surface area contributed by atoms with Crippen molar-refractivity contribution in [3.8, 4) is 0 Å². The van der Waals surface area contributed by atoms with Gasteiger partial charge in [-0.25, -0.2) is 0 Å². The van der Waals surface area contributed by atoms with Crippen molar-refractivity contribution >= 4 is 29.2 Å². The molecule has 0 aliphatic carbocycles. The lowest BCUT2D eigenvalue weighted by molar-refractivity contribution is 0.102. The molecule has 17 heavy (non-hydrogen) atoms. The number of nitrogens with two attached hydrogens (primary N) is 1. The summed E-state index contributed by atoms with van der Waals surface area (Å²) in [6.45, 7) is 1.76. The van der Waals surface area contributed by atoms with Crippen molar-refractivity contribution in [2.45, 2.75) is 6.92 Å². The number of hydrogen-bond donors (Lipinski definition) is 2. The molecule has 88 valence electrons. The average molecular weight is 252 g/mol. The van der Waals surface area contributed by atoms with Gasteiger partial charge >= 0.3 is 6.01 Å². The number of carbonyl (C=O) groups is 1. The Morgan fingerprint density at radius 1 is 1.53 bits per heavy atom. The van der Waals surface area contributed by atoms with Gasteiger partial charge in [-0.05, 0) is 25.1 Å². The smallest absolute Gasteiger partial charge is 0.301 e. The van der Waals surface area contributed by atoms with Crippen molar-refractivity contribution in [1.29, 1.82) is 0 Å².